The lowest BCUT2D eigenvalue weighted by atomic mass is 9.99. The first-order chi connectivity index (χ1) is 15.4. The van der Waals surface area contributed by atoms with E-state index < -0.39 is 48.4 Å². The molecule has 0 saturated carbocycles. The van der Waals surface area contributed by atoms with E-state index in [1.165, 1.54) is 22.9 Å². The smallest absolute Gasteiger partial charge is 0.273 e. The molecule has 10 heteroatoms. The molecule has 2 aromatic carbocycles. The highest BCUT2D eigenvalue weighted by atomic mass is 16.7. The molecule has 1 aliphatic heterocycles. The fraction of sp³-hybridized carbons (Fsp3) is 0.364. The molecule has 2 heterocycles. The van der Waals surface area contributed by atoms with Crippen LogP contribution in [0.2, 0.25) is 0 Å². The van der Waals surface area contributed by atoms with E-state index in [0.29, 0.717) is 6.42 Å². The molecule has 32 heavy (non-hydrogen) atoms. The first-order valence-electron chi connectivity index (χ1n) is 10.2. The molecule has 0 amide bonds. The van der Waals surface area contributed by atoms with E-state index in [-0.39, 0.29) is 23.1 Å². The molecule has 0 bridgehead atoms. The van der Waals surface area contributed by atoms with Crippen LogP contribution in [-0.2, 0) is 17.7 Å². The molecule has 1 aromatic heterocycles. The summed E-state index contributed by atoms with van der Waals surface area (Å²) in [6.45, 7) is -0.324. The van der Waals surface area contributed by atoms with Crippen LogP contribution in [0.4, 0.5) is 0 Å². The minimum Gasteiger partial charge on any atom is -0.462 e. The van der Waals surface area contributed by atoms with Gasteiger partial charge in [0.05, 0.1) is 17.4 Å². The Morgan fingerprint density at radius 1 is 0.969 bits per heavy atom. The van der Waals surface area contributed by atoms with E-state index in [1.807, 2.05) is 30.3 Å². The molecular formula is C22H24N2O8. The van der Waals surface area contributed by atoms with Gasteiger partial charge in [-0.25, -0.2) is 4.68 Å². The van der Waals surface area contributed by atoms with Crippen molar-refractivity contribution >= 4 is 10.8 Å². The molecule has 1 aliphatic rings. The van der Waals surface area contributed by atoms with Gasteiger partial charge >= 0.3 is 0 Å². The summed E-state index contributed by atoms with van der Waals surface area (Å²) in [4.78, 5) is 25.4. The van der Waals surface area contributed by atoms with E-state index in [9.17, 15) is 30.0 Å². The van der Waals surface area contributed by atoms with Gasteiger partial charge in [-0.15, -0.1) is 0 Å². The highest BCUT2D eigenvalue weighted by Crippen LogP contribution is 2.25. The number of benzene rings is 2. The Morgan fingerprint density at radius 2 is 1.72 bits per heavy atom. The van der Waals surface area contributed by atoms with Crippen molar-refractivity contribution in [1.29, 1.82) is 0 Å². The Labute approximate surface area is 181 Å². The van der Waals surface area contributed by atoms with Crippen LogP contribution < -0.4 is 15.9 Å². The van der Waals surface area contributed by atoms with Gasteiger partial charge in [-0.3, -0.25) is 14.7 Å². The Kier molecular flexibility index (Phi) is 6.40. The second kappa shape index (κ2) is 9.23. The van der Waals surface area contributed by atoms with Gasteiger partial charge in [-0.05, 0) is 30.2 Å². The SMILES string of the molecule is O=c1[nH]n(CCc2ccccc2)c(=O)c2cc(O[C@H]3O[C@H](CO)[C@H](O)[C@H](O)[C@H]3O)ccc12. The summed E-state index contributed by atoms with van der Waals surface area (Å²) >= 11 is 0. The van der Waals surface area contributed by atoms with E-state index in [2.05, 4.69) is 5.10 Å². The van der Waals surface area contributed by atoms with Crippen molar-refractivity contribution in [2.24, 2.45) is 0 Å². The topological polar surface area (TPSA) is 154 Å². The van der Waals surface area contributed by atoms with E-state index in [4.69, 9.17) is 9.47 Å². The lowest BCUT2D eigenvalue weighted by Crippen LogP contribution is -2.60. The highest BCUT2D eigenvalue weighted by molar-refractivity contribution is 5.81. The van der Waals surface area contributed by atoms with E-state index in [0.717, 1.165) is 5.56 Å². The second-order valence-corrected chi connectivity index (χ2v) is 7.66. The van der Waals surface area contributed by atoms with Crippen molar-refractivity contribution in [3.05, 3.63) is 74.8 Å². The molecule has 0 radical (unpaired) electrons. The number of rotatable bonds is 6. The Bertz CT molecular complexity index is 1190. The summed E-state index contributed by atoms with van der Waals surface area (Å²) in [5.74, 6) is 0.110. The maximum absolute atomic E-state index is 13.0. The molecule has 0 unspecified atom stereocenters. The van der Waals surface area contributed by atoms with Crippen molar-refractivity contribution in [2.75, 3.05) is 6.61 Å². The van der Waals surface area contributed by atoms with Crippen LogP contribution >= 0.6 is 0 Å². The van der Waals surface area contributed by atoms with Crippen LogP contribution in [0.5, 0.6) is 5.75 Å². The average molecular weight is 444 g/mol. The molecular weight excluding hydrogens is 420 g/mol. The van der Waals surface area contributed by atoms with Crippen molar-refractivity contribution in [1.82, 2.24) is 9.78 Å². The van der Waals surface area contributed by atoms with Crippen LogP contribution in [0.15, 0.2) is 58.1 Å². The molecule has 4 rings (SSSR count). The quantitative estimate of drug-likeness (QED) is 0.328. The van der Waals surface area contributed by atoms with Crippen molar-refractivity contribution in [3.63, 3.8) is 0 Å². The van der Waals surface area contributed by atoms with E-state index >= 15 is 0 Å². The van der Waals surface area contributed by atoms with Crippen LogP contribution in [0.1, 0.15) is 5.56 Å². The largest absolute Gasteiger partial charge is 0.462 e. The number of hydrogen-bond acceptors (Lipinski definition) is 8. The molecule has 10 nitrogen and oxygen atoms in total. The first-order valence-corrected chi connectivity index (χ1v) is 10.2. The van der Waals surface area contributed by atoms with Gasteiger partial charge in [-0.1, -0.05) is 30.3 Å². The number of fused-ring (bicyclic) bond motifs is 1. The number of nitrogens with one attached hydrogen (secondary N) is 1. The van der Waals surface area contributed by atoms with Crippen LogP contribution in [0.25, 0.3) is 10.8 Å². The Hall–Kier alpha value is -3.02. The monoisotopic (exact) mass is 444 g/mol. The predicted molar refractivity (Wildman–Crippen MR) is 113 cm³/mol. The third kappa shape index (κ3) is 4.31. The van der Waals surface area contributed by atoms with Crippen molar-refractivity contribution < 1.29 is 29.9 Å². The summed E-state index contributed by atoms with van der Waals surface area (Å²) in [5, 5.41) is 42.1. The number of aliphatic hydroxyl groups is 4. The zero-order valence-corrected chi connectivity index (χ0v) is 17.0. The summed E-state index contributed by atoms with van der Waals surface area (Å²) < 4.78 is 12.1. The standard InChI is InChI=1S/C22H24N2O8/c25-11-16-17(26)18(27)19(28)22(32-16)31-13-6-7-14-15(10-13)21(30)24(23-20(14)29)9-8-12-4-2-1-3-5-12/h1-7,10,16-19,22,25-28H,8-9,11H2,(H,23,29)/t16-,17+,18+,19-,22+/m1/s1. The van der Waals surface area contributed by atoms with Gasteiger partial charge < -0.3 is 29.9 Å². The number of aryl methyl sites for hydroxylation is 2. The molecule has 1 saturated heterocycles. The summed E-state index contributed by atoms with van der Waals surface area (Å²) in [6.07, 6.45) is -6.68. The van der Waals surface area contributed by atoms with Gasteiger partial charge in [0.1, 0.15) is 30.2 Å². The van der Waals surface area contributed by atoms with Gasteiger partial charge in [-0.2, -0.15) is 0 Å². The van der Waals surface area contributed by atoms with Gasteiger partial charge in [0.25, 0.3) is 11.1 Å². The molecule has 3 aromatic rings. The number of nitrogens with zero attached hydrogens (tertiary/aromatic N) is 1. The molecule has 1 fully saturated rings. The predicted octanol–water partition coefficient (Wildman–Crippen LogP) is -0.889. The fourth-order valence-electron chi connectivity index (χ4n) is 3.69. The normalized spacial score (nSPS) is 25.7. The van der Waals surface area contributed by atoms with Crippen molar-refractivity contribution in [3.8, 4) is 5.75 Å². The van der Waals surface area contributed by atoms with Crippen LogP contribution in [-0.4, -0.2) is 67.5 Å². The van der Waals surface area contributed by atoms with Crippen LogP contribution in [0, 0.1) is 0 Å². The molecule has 0 aliphatic carbocycles. The maximum Gasteiger partial charge on any atom is 0.273 e. The molecule has 0 spiro atoms. The number of H-pyrrole nitrogens is 1. The zero-order valence-electron chi connectivity index (χ0n) is 17.0. The zero-order chi connectivity index (χ0) is 22.8. The van der Waals surface area contributed by atoms with E-state index in [1.54, 1.807) is 0 Å². The highest BCUT2D eigenvalue weighted by Gasteiger charge is 2.44. The number of aromatic amines is 1. The van der Waals surface area contributed by atoms with Gasteiger partial charge in [0.15, 0.2) is 0 Å². The molecule has 5 N–H and O–H groups in total. The second-order valence-electron chi connectivity index (χ2n) is 7.66. The summed E-state index contributed by atoms with van der Waals surface area (Å²) in [6, 6.07) is 13.7. The van der Waals surface area contributed by atoms with Crippen molar-refractivity contribution in [2.45, 2.75) is 43.7 Å². The Balaban J connectivity index is 1.61. The maximum atomic E-state index is 13.0. The minimum atomic E-state index is -1.59. The van der Waals surface area contributed by atoms with Gasteiger partial charge in [0, 0.05) is 6.54 Å². The van der Waals surface area contributed by atoms with Crippen LogP contribution in [0.3, 0.4) is 0 Å². The first kappa shape index (κ1) is 22.2. The summed E-state index contributed by atoms with van der Waals surface area (Å²) in [5.41, 5.74) is 0.155. The Morgan fingerprint density at radius 3 is 2.44 bits per heavy atom. The minimum absolute atomic E-state index is 0.110. The molecule has 170 valence electrons. The number of ether oxygens (including phenoxy) is 2. The third-order valence-electron chi connectivity index (χ3n) is 5.52. The average Bonchev–Trinajstić information content (AvgIpc) is 2.81. The lowest BCUT2D eigenvalue weighted by Gasteiger charge is -2.39. The van der Waals surface area contributed by atoms with Gasteiger partial charge in [0.2, 0.25) is 6.29 Å². The fourth-order valence-corrected chi connectivity index (χ4v) is 3.69. The number of aliphatic hydroxyl groups excluding tert-OH is 4. The summed E-state index contributed by atoms with van der Waals surface area (Å²) in [7, 11) is 0. The third-order valence-corrected chi connectivity index (χ3v) is 5.52. The number of hydrogen-bond donors (Lipinski definition) is 5. The number of aromatic nitrogens is 2. The lowest BCUT2D eigenvalue weighted by molar-refractivity contribution is -0.277. The molecule has 5 atom stereocenters.